The van der Waals surface area contributed by atoms with E-state index in [1.807, 2.05) is 11.3 Å². The maximum atomic E-state index is 4.60. The third-order valence-corrected chi connectivity index (χ3v) is 4.71. The molecule has 1 heterocycles. The van der Waals surface area contributed by atoms with Crippen molar-refractivity contribution in [1.29, 1.82) is 0 Å². The normalized spacial score (nSPS) is 19.2. The molecule has 0 saturated heterocycles. The van der Waals surface area contributed by atoms with Crippen LogP contribution in [0.1, 0.15) is 43.8 Å². The average molecular weight is 252 g/mol. The van der Waals surface area contributed by atoms with Crippen LogP contribution in [0.4, 0.5) is 0 Å². The van der Waals surface area contributed by atoms with Gasteiger partial charge in [0.1, 0.15) is 0 Å². The third kappa shape index (κ3) is 3.78. The van der Waals surface area contributed by atoms with Gasteiger partial charge in [-0.3, -0.25) is 0 Å². The molecule has 0 bridgehead atoms. The molecule has 1 saturated carbocycles. The molecule has 0 aliphatic heterocycles. The molecule has 0 spiro atoms. The van der Waals surface area contributed by atoms with Crippen molar-refractivity contribution in [3.05, 3.63) is 16.1 Å². The minimum atomic E-state index is 0.619. The Kier molecular flexibility index (Phi) is 4.57. The monoisotopic (exact) mass is 252 g/mol. The van der Waals surface area contributed by atoms with E-state index in [9.17, 15) is 0 Å². The van der Waals surface area contributed by atoms with Crippen LogP contribution in [-0.4, -0.2) is 17.6 Å². The van der Waals surface area contributed by atoms with Crippen LogP contribution in [-0.2, 0) is 6.42 Å². The van der Waals surface area contributed by atoms with Gasteiger partial charge in [0.25, 0.3) is 0 Å². The van der Waals surface area contributed by atoms with E-state index in [1.165, 1.54) is 30.0 Å². The van der Waals surface area contributed by atoms with Gasteiger partial charge in [0.2, 0.25) is 0 Å². The largest absolute Gasteiger partial charge is 0.313 e. The molecule has 1 N–H and O–H groups in total. The zero-order valence-corrected chi connectivity index (χ0v) is 12.0. The van der Waals surface area contributed by atoms with Gasteiger partial charge in [-0.1, -0.05) is 13.8 Å². The number of aryl methyl sites for hydroxylation is 1. The summed E-state index contributed by atoms with van der Waals surface area (Å²) in [5, 5.41) is 7.17. The second-order valence-corrected chi connectivity index (χ2v) is 6.29. The number of hydrogen-bond donors (Lipinski definition) is 1. The molecular formula is C14H24N2S. The van der Waals surface area contributed by atoms with Gasteiger partial charge < -0.3 is 5.32 Å². The van der Waals surface area contributed by atoms with E-state index in [1.54, 1.807) is 0 Å². The number of nitrogens with zero attached hydrogens (tertiary/aromatic N) is 1. The summed E-state index contributed by atoms with van der Waals surface area (Å²) in [5.74, 6) is 1.76. The van der Waals surface area contributed by atoms with Crippen LogP contribution in [0.3, 0.4) is 0 Å². The predicted octanol–water partition coefficient (Wildman–Crippen LogP) is 3.41. The summed E-state index contributed by atoms with van der Waals surface area (Å²) in [4.78, 5) is 4.60. The Labute approximate surface area is 109 Å². The highest BCUT2D eigenvalue weighted by Gasteiger charge is 2.33. The van der Waals surface area contributed by atoms with Gasteiger partial charge in [0.05, 0.1) is 5.01 Å². The molecule has 1 fully saturated rings. The van der Waals surface area contributed by atoms with Crippen LogP contribution in [0, 0.1) is 18.8 Å². The maximum Gasteiger partial charge on any atom is 0.0943 e. The maximum absolute atomic E-state index is 4.60. The van der Waals surface area contributed by atoms with Gasteiger partial charge in [-0.15, -0.1) is 11.3 Å². The number of aromatic nitrogens is 1. The zero-order valence-electron chi connectivity index (χ0n) is 11.2. The lowest BCUT2D eigenvalue weighted by atomic mass is 9.94. The van der Waals surface area contributed by atoms with Crippen LogP contribution in [0.15, 0.2) is 5.38 Å². The van der Waals surface area contributed by atoms with Crippen LogP contribution < -0.4 is 5.32 Å². The summed E-state index contributed by atoms with van der Waals surface area (Å²) in [7, 11) is 0. The lowest BCUT2D eigenvalue weighted by Crippen LogP contribution is -2.38. The van der Waals surface area contributed by atoms with Crippen molar-refractivity contribution in [3.8, 4) is 0 Å². The number of nitrogens with one attached hydrogen (secondary N) is 1. The number of rotatable bonds is 7. The van der Waals surface area contributed by atoms with E-state index < -0.39 is 0 Å². The molecule has 17 heavy (non-hydrogen) atoms. The second-order valence-electron chi connectivity index (χ2n) is 5.34. The highest BCUT2D eigenvalue weighted by molar-refractivity contribution is 7.09. The fourth-order valence-electron chi connectivity index (χ4n) is 2.41. The Morgan fingerprint density at radius 3 is 2.82 bits per heavy atom. The molecule has 0 aromatic carbocycles. The summed E-state index contributed by atoms with van der Waals surface area (Å²) < 4.78 is 0. The molecule has 0 radical (unpaired) electrons. The smallest absolute Gasteiger partial charge is 0.0943 e. The molecule has 3 heteroatoms. The van der Waals surface area contributed by atoms with Crippen LogP contribution in [0.2, 0.25) is 0 Å². The van der Waals surface area contributed by atoms with E-state index in [0.717, 1.165) is 24.8 Å². The van der Waals surface area contributed by atoms with Crippen molar-refractivity contribution in [2.24, 2.45) is 11.8 Å². The fraction of sp³-hybridized carbons (Fsp3) is 0.786. The number of thiazole rings is 1. The van der Waals surface area contributed by atoms with Crippen LogP contribution in [0.25, 0.3) is 0 Å². The first kappa shape index (κ1) is 13.0. The Bertz CT molecular complexity index is 344. The van der Waals surface area contributed by atoms with Crippen molar-refractivity contribution in [2.75, 3.05) is 6.54 Å². The Morgan fingerprint density at radius 2 is 2.29 bits per heavy atom. The van der Waals surface area contributed by atoms with Gasteiger partial charge in [0.15, 0.2) is 0 Å². The quantitative estimate of drug-likeness (QED) is 0.804. The van der Waals surface area contributed by atoms with Gasteiger partial charge in [-0.25, -0.2) is 4.98 Å². The van der Waals surface area contributed by atoms with E-state index in [2.05, 4.69) is 36.5 Å². The van der Waals surface area contributed by atoms with E-state index in [4.69, 9.17) is 0 Å². The zero-order chi connectivity index (χ0) is 12.3. The van der Waals surface area contributed by atoms with Gasteiger partial charge >= 0.3 is 0 Å². The standard InChI is InChI=1S/C14H24N2S/c1-4-7-15-13(11(3)12-5-6-12)8-14-16-10(2)9-17-14/h9,11-13,15H,4-8H2,1-3H3. The van der Waals surface area contributed by atoms with E-state index >= 15 is 0 Å². The molecule has 1 aromatic heterocycles. The van der Waals surface area contributed by atoms with E-state index in [-0.39, 0.29) is 0 Å². The predicted molar refractivity (Wildman–Crippen MR) is 74.5 cm³/mol. The lowest BCUT2D eigenvalue weighted by Gasteiger charge is -2.24. The Balaban J connectivity index is 1.93. The molecule has 2 atom stereocenters. The Morgan fingerprint density at radius 1 is 1.53 bits per heavy atom. The van der Waals surface area contributed by atoms with Crippen molar-refractivity contribution < 1.29 is 0 Å². The molecule has 2 unspecified atom stereocenters. The Hall–Kier alpha value is -0.410. The van der Waals surface area contributed by atoms with Crippen molar-refractivity contribution in [1.82, 2.24) is 10.3 Å². The molecule has 1 aromatic rings. The molecule has 96 valence electrons. The first-order valence-corrected chi connectivity index (χ1v) is 7.73. The average Bonchev–Trinajstić information content (AvgIpc) is 3.08. The van der Waals surface area contributed by atoms with Crippen molar-refractivity contribution >= 4 is 11.3 Å². The molecule has 2 nitrogen and oxygen atoms in total. The summed E-state index contributed by atoms with van der Waals surface area (Å²) in [6.45, 7) is 7.86. The van der Waals surface area contributed by atoms with Gasteiger partial charge in [-0.2, -0.15) is 0 Å². The molecule has 1 aliphatic carbocycles. The summed E-state index contributed by atoms with van der Waals surface area (Å²) in [6, 6.07) is 0.619. The summed E-state index contributed by atoms with van der Waals surface area (Å²) in [6.07, 6.45) is 5.19. The van der Waals surface area contributed by atoms with Gasteiger partial charge in [0, 0.05) is 23.5 Å². The van der Waals surface area contributed by atoms with E-state index in [0.29, 0.717) is 6.04 Å². The number of hydrogen-bond acceptors (Lipinski definition) is 3. The van der Waals surface area contributed by atoms with Crippen molar-refractivity contribution in [3.63, 3.8) is 0 Å². The highest BCUT2D eigenvalue weighted by Crippen LogP contribution is 2.39. The SMILES string of the molecule is CCCNC(Cc1nc(C)cs1)C(C)C1CC1. The first-order valence-electron chi connectivity index (χ1n) is 6.85. The third-order valence-electron chi connectivity index (χ3n) is 3.72. The molecule has 1 aliphatic rings. The lowest BCUT2D eigenvalue weighted by molar-refractivity contribution is 0.339. The summed E-state index contributed by atoms with van der Waals surface area (Å²) in [5.41, 5.74) is 1.17. The first-order chi connectivity index (χ1) is 8.20. The van der Waals surface area contributed by atoms with Crippen LogP contribution >= 0.6 is 11.3 Å². The molecular weight excluding hydrogens is 228 g/mol. The minimum absolute atomic E-state index is 0.619. The van der Waals surface area contributed by atoms with Gasteiger partial charge in [-0.05, 0) is 44.6 Å². The van der Waals surface area contributed by atoms with Crippen LogP contribution in [0.5, 0.6) is 0 Å². The fourth-order valence-corrected chi connectivity index (χ4v) is 3.24. The molecule has 0 amide bonds. The summed E-state index contributed by atoms with van der Waals surface area (Å²) >= 11 is 1.81. The topological polar surface area (TPSA) is 24.9 Å². The minimum Gasteiger partial charge on any atom is -0.313 e. The molecule has 2 rings (SSSR count). The second kappa shape index (κ2) is 5.96. The highest BCUT2D eigenvalue weighted by atomic mass is 32.1. The van der Waals surface area contributed by atoms with Crippen molar-refractivity contribution in [2.45, 2.75) is 52.5 Å².